The first-order valence-electron chi connectivity index (χ1n) is 10.9. The van der Waals surface area contributed by atoms with Gasteiger partial charge in [-0.3, -0.25) is 19.5 Å². The second-order valence-electron chi connectivity index (χ2n) is 7.61. The van der Waals surface area contributed by atoms with Crippen molar-refractivity contribution in [3.8, 4) is 22.6 Å². The number of pyridine rings is 1. The third kappa shape index (κ3) is 5.24. The molecule has 0 atom stereocenters. The van der Waals surface area contributed by atoms with Crippen LogP contribution in [0.15, 0.2) is 41.2 Å². The van der Waals surface area contributed by atoms with Gasteiger partial charge in [0.05, 0.1) is 35.5 Å². The molecule has 0 radical (unpaired) electrons. The molecule has 13 heteroatoms. The molecule has 0 unspecified atom stereocenters. The Balaban J connectivity index is 1.86. The number of amides is 1. The van der Waals surface area contributed by atoms with Crippen molar-refractivity contribution >= 4 is 62.6 Å². The van der Waals surface area contributed by atoms with Gasteiger partial charge in [-0.25, -0.2) is 9.97 Å². The molecule has 0 aliphatic heterocycles. The molecule has 4 aromatic rings. The highest BCUT2D eigenvalue weighted by Crippen LogP contribution is 2.45. The number of anilines is 2. The third-order valence-corrected chi connectivity index (χ3v) is 7.01. The molecular formula is C24H22Cl2N6O4S. The van der Waals surface area contributed by atoms with Crippen molar-refractivity contribution in [1.82, 2.24) is 19.5 Å². The first-order valence-corrected chi connectivity index (χ1v) is 12.5. The van der Waals surface area contributed by atoms with Gasteiger partial charge >= 0.3 is 0 Å². The van der Waals surface area contributed by atoms with Crippen LogP contribution in [0, 0.1) is 0 Å². The number of aryl methyl sites for hydroxylation is 2. The lowest BCUT2D eigenvalue weighted by atomic mass is 10.0. The summed E-state index contributed by atoms with van der Waals surface area (Å²) in [6.07, 6.45) is 3.17. The van der Waals surface area contributed by atoms with E-state index < -0.39 is 0 Å². The summed E-state index contributed by atoms with van der Waals surface area (Å²) in [6.45, 7) is 3.67. The molecule has 3 aromatic heterocycles. The van der Waals surface area contributed by atoms with E-state index in [1.54, 1.807) is 25.4 Å². The third-order valence-electron chi connectivity index (χ3n) is 5.45. The van der Waals surface area contributed by atoms with E-state index in [2.05, 4.69) is 32.2 Å². The number of nitrogens with zero attached hydrogens (tertiary/aromatic N) is 4. The maximum absolute atomic E-state index is 13.9. The Morgan fingerprint density at radius 3 is 2.51 bits per heavy atom. The van der Waals surface area contributed by atoms with Crippen LogP contribution >= 0.6 is 34.5 Å². The first kappa shape index (κ1) is 26.4. The molecule has 2 N–H and O–H groups in total. The van der Waals surface area contributed by atoms with Crippen LogP contribution in [0.2, 0.25) is 10.0 Å². The van der Waals surface area contributed by atoms with Crippen LogP contribution in [0.4, 0.5) is 11.1 Å². The average molecular weight is 561 g/mol. The topological polar surface area (TPSA) is 120 Å². The molecule has 0 bridgehead atoms. The second kappa shape index (κ2) is 11.2. The van der Waals surface area contributed by atoms with Gasteiger partial charge in [0.15, 0.2) is 5.13 Å². The minimum absolute atomic E-state index is 0.172. The number of nitrogens with one attached hydrogen (secondary N) is 2. The predicted octanol–water partition coefficient (Wildman–Crippen LogP) is 4.65. The summed E-state index contributed by atoms with van der Waals surface area (Å²) >= 11 is 14.5. The van der Waals surface area contributed by atoms with Crippen LogP contribution in [-0.4, -0.2) is 46.7 Å². The highest BCUT2D eigenvalue weighted by molar-refractivity contribution is 7.13. The zero-order valence-corrected chi connectivity index (χ0v) is 22.4. The number of thiazole rings is 1. The van der Waals surface area contributed by atoms with Gasteiger partial charge in [-0.05, 0) is 12.1 Å². The second-order valence-corrected chi connectivity index (χ2v) is 9.22. The number of carbonyl (C=O) groups excluding carboxylic acids is 1. The molecule has 0 saturated heterocycles. The molecule has 1 aromatic carbocycles. The fraction of sp³-hybridized carbons (Fsp3) is 0.208. The number of hydrogen-bond acceptors (Lipinski definition) is 9. The van der Waals surface area contributed by atoms with Crippen LogP contribution in [0.25, 0.3) is 22.2 Å². The number of hydrogen-bond donors (Lipinski definition) is 2. The Labute approximate surface area is 225 Å². The molecule has 0 spiro atoms. The molecular weight excluding hydrogens is 539 g/mol. The molecule has 37 heavy (non-hydrogen) atoms. The highest BCUT2D eigenvalue weighted by Gasteiger charge is 2.23. The number of methoxy groups -OCH3 is 2. The summed E-state index contributed by atoms with van der Waals surface area (Å²) in [4.78, 5) is 38.7. The molecule has 3 heterocycles. The van der Waals surface area contributed by atoms with Gasteiger partial charge in [0, 0.05) is 48.6 Å². The Morgan fingerprint density at radius 2 is 1.89 bits per heavy atom. The van der Waals surface area contributed by atoms with Gasteiger partial charge in [0.2, 0.25) is 11.9 Å². The van der Waals surface area contributed by atoms with E-state index in [1.807, 2.05) is 5.38 Å². The van der Waals surface area contributed by atoms with Crippen molar-refractivity contribution in [2.24, 2.45) is 0 Å². The number of aromatic nitrogens is 4. The Hall–Kier alpha value is -3.67. The lowest BCUT2D eigenvalue weighted by Gasteiger charge is -2.17. The number of ether oxygens (including phenoxy) is 2. The number of rotatable bonds is 9. The van der Waals surface area contributed by atoms with Crippen LogP contribution < -0.4 is 25.7 Å². The molecule has 0 saturated carbocycles. The number of benzene rings is 1. The zero-order valence-electron chi connectivity index (χ0n) is 20.1. The van der Waals surface area contributed by atoms with E-state index in [4.69, 9.17) is 32.7 Å². The molecule has 4 rings (SSSR count). The van der Waals surface area contributed by atoms with Crippen LogP contribution in [0.1, 0.15) is 5.69 Å². The van der Waals surface area contributed by atoms with Crippen molar-refractivity contribution in [1.29, 1.82) is 0 Å². The fourth-order valence-electron chi connectivity index (χ4n) is 3.65. The van der Waals surface area contributed by atoms with Gasteiger partial charge in [-0.15, -0.1) is 11.3 Å². The van der Waals surface area contributed by atoms with E-state index in [0.717, 1.165) is 0 Å². The monoisotopic (exact) mass is 560 g/mol. The summed E-state index contributed by atoms with van der Waals surface area (Å²) in [5.74, 6) is 0.620. The van der Waals surface area contributed by atoms with Crippen molar-refractivity contribution in [3.05, 3.63) is 62.5 Å². The zero-order chi connectivity index (χ0) is 26.7. The summed E-state index contributed by atoms with van der Waals surface area (Å²) in [5, 5.41) is 8.71. The van der Waals surface area contributed by atoms with E-state index in [9.17, 15) is 9.59 Å². The number of fused-ring (bicyclic) bond motifs is 1. The number of carbonyl (C=O) groups is 1. The van der Waals surface area contributed by atoms with Gasteiger partial charge in [-0.1, -0.05) is 29.8 Å². The first-order chi connectivity index (χ1) is 17.8. The fourth-order valence-corrected chi connectivity index (χ4v) is 5.10. The molecule has 0 fully saturated rings. The maximum atomic E-state index is 13.9. The molecule has 0 aliphatic rings. The molecule has 1 amide bonds. The minimum Gasteiger partial charge on any atom is -0.495 e. The van der Waals surface area contributed by atoms with Gasteiger partial charge in [-0.2, -0.15) is 4.98 Å². The SMILES string of the molecule is C=CC(=O)Nc1nc(CCn2c(=O)c(-c3c(Cl)c(OC)cc(OC)c3Cl)cc3cnc(NC)nc32)cs1. The minimum atomic E-state index is -0.372. The van der Waals surface area contributed by atoms with E-state index in [-0.39, 0.29) is 39.2 Å². The van der Waals surface area contributed by atoms with Crippen molar-refractivity contribution < 1.29 is 14.3 Å². The lowest BCUT2D eigenvalue weighted by Crippen LogP contribution is -2.24. The average Bonchev–Trinajstić information content (AvgIpc) is 3.35. The summed E-state index contributed by atoms with van der Waals surface area (Å²) < 4.78 is 12.3. The molecule has 0 aliphatic carbocycles. The maximum Gasteiger partial charge on any atom is 0.260 e. The summed E-state index contributed by atoms with van der Waals surface area (Å²) in [6, 6.07) is 3.20. The standard InChI is InChI=1S/C24H22Cl2N6O4S/c1-5-17(33)30-24-29-13(11-37-24)6-7-32-21-12(10-28-23(27-2)31-21)8-14(22(32)34)18-19(25)15(35-3)9-16(36-4)20(18)26/h5,8-11H,1,6-7H2,2-4H3,(H,27,28,31)(H,29,30,33). The van der Waals surface area contributed by atoms with Crippen LogP contribution in [-0.2, 0) is 17.8 Å². The van der Waals surface area contributed by atoms with E-state index in [1.165, 1.54) is 36.2 Å². The number of halogens is 2. The van der Waals surface area contributed by atoms with Crippen LogP contribution in [0.5, 0.6) is 11.5 Å². The Kier molecular flexibility index (Phi) is 7.96. The van der Waals surface area contributed by atoms with E-state index in [0.29, 0.717) is 45.7 Å². The summed E-state index contributed by atoms with van der Waals surface area (Å²) in [7, 11) is 4.61. The van der Waals surface area contributed by atoms with Crippen LogP contribution in [0.3, 0.4) is 0 Å². The quantitative estimate of drug-likeness (QED) is 0.284. The van der Waals surface area contributed by atoms with E-state index >= 15 is 0 Å². The Morgan fingerprint density at radius 1 is 1.19 bits per heavy atom. The predicted molar refractivity (Wildman–Crippen MR) is 147 cm³/mol. The highest BCUT2D eigenvalue weighted by atomic mass is 35.5. The molecule has 10 nitrogen and oxygen atoms in total. The smallest absolute Gasteiger partial charge is 0.260 e. The van der Waals surface area contributed by atoms with Gasteiger partial charge < -0.3 is 14.8 Å². The lowest BCUT2D eigenvalue weighted by molar-refractivity contribution is -0.111. The Bertz CT molecular complexity index is 1540. The van der Waals surface area contributed by atoms with Gasteiger partial charge in [0.25, 0.3) is 5.56 Å². The normalized spacial score (nSPS) is 10.8. The summed E-state index contributed by atoms with van der Waals surface area (Å²) in [5.41, 5.74) is 1.25. The largest absolute Gasteiger partial charge is 0.495 e. The van der Waals surface area contributed by atoms with Gasteiger partial charge in [0.1, 0.15) is 17.1 Å². The molecule has 192 valence electrons. The van der Waals surface area contributed by atoms with Crippen molar-refractivity contribution in [3.63, 3.8) is 0 Å². The van der Waals surface area contributed by atoms with Crippen molar-refractivity contribution in [2.75, 3.05) is 31.9 Å². The van der Waals surface area contributed by atoms with Crippen molar-refractivity contribution in [2.45, 2.75) is 13.0 Å².